The van der Waals surface area contributed by atoms with E-state index in [1.54, 1.807) is 30.5 Å². The first-order valence-electron chi connectivity index (χ1n) is 14.6. The maximum absolute atomic E-state index is 14.3. The standard InChI is InChI=1S/C32H28N8O6/c1-37-26-25(29(43)38(2)31(37)46)39(16-35-26)11-12-40-27(41)22-23(28(40)42)32(30(44)45,13-18-15-34-21-10-6-5-8-19(18)21)36-24(22)20-9-4-3-7-17(20)14-33/h3-10,15-16,22-24,34,36H,11-13H2,1-2H3,(H,44,45). The molecule has 14 nitrogen and oxygen atoms in total. The third-order valence-electron chi connectivity index (χ3n) is 9.47. The van der Waals surface area contributed by atoms with Crippen LogP contribution in [0.5, 0.6) is 0 Å². The van der Waals surface area contributed by atoms with Crippen LogP contribution in [0.2, 0.25) is 0 Å². The number of para-hydroxylation sites is 1. The molecular weight excluding hydrogens is 592 g/mol. The maximum Gasteiger partial charge on any atom is 0.332 e. The van der Waals surface area contributed by atoms with Gasteiger partial charge in [0.1, 0.15) is 5.54 Å². The molecule has 3 aromatic heterocycles. The number of carboxylic acids is 1. The number of nitrogens with zero attached hydrogens (tertiary/aromatic N) is 6. The second kappa shape index (κ2) is 10.4. The van der Waals surface area contributed by atoms with Crippen molar-refractivity contribution in [1.29, 1.82) is 5.26 Å². The molecule has 0 radical (unpaired) electrons. The Kier molecular flexibility index (Phi) is 6.53. The molecule has 0 aliphatic carbocycles. The van der Waals surface area contributed by atoms with E-state index in [0.717, 1.165) is 20.4 Å². The zero-order chi connectivity index (χ0) is 32.5. The van der Waals surface area contributed by atoms with Gasteiger partial charge >= 0.3 is 11.7 Å². The van der Waals surface area contributed by atoms with E-state index < -0.39 is 52.4 Å². The van der Waals surface area contributed by atoms with Crippen LogP contribution in [-0.4, -0.2) is 63.5 Å². The normalized spacial score (nSPS) is 22.5. The van der Waals surface area contributed by atoms with Crippen LogP contribution in [0.25, 0.3) is 22.1 Å². The van der Waals surface area contributed by atoms with Crippen molar-refractivity contribution in [2.45, 2.75) is 24.5 Å². The average Bonchev–Trinajstić information content (AvgIpc) is 3.81. The first-order valence-corrected chi connectivity index (χ1v) is 14.6. The highest BCUT2D eigenvalue weighted by Crippen LogP contribution is 2.50. The lowest BCUT2D eigenvalue weighted by atomic mass is 9.76. The van der Waals surface area contributed by atoms with Crippen LogP contribution < -0.4 is 16.6 Å². The number of aliphatic carboxylic acids is 1. The van der Waals surface area contributed by atoms with Gasteiger partial charge in [-0.3, -0.25) is 38.5 Å². The number of H-pyrrole nitrogens is 1. The Morgan fingerprint density at radius 2 is 1.76 bits per heavy atom. The summed E-state index contributed by atoms with van der Waals surface area (Å²) >= 11 is 0. The fourth-order valence-corrected chi connectivity index (χ4v) is 7.21. The lowest BCUT2D eigenvalue weighted by molar-refractivity contribution is -0.151. The van der Waals surface area contributed by atoms with Gasteiger partial charge < -0.3 is 14.7 Å². The number of carboxylic acid groups (broad SMARTS) is 1. The minimum atomic E-state index is -1.89. The highest BCUT2D eigenvalue weighted by molar-refractivity contribution is 6.09. The van der Waals surface area contributed by atoms with Crippen molar-refractivity contribution in [2.24, 2.45) is 25.9 Å². The number of carbonyl (C=O) groups is 3. The fraction of sp³-hybridized carbons (Fsp3) is 0.281. The summed E-state index contributed by atoms with van der Waals surface area (Å²) in [6.45, 7) is -0.187. The molecule has 2 aliphatic heterocycles. The molecule has 2 aromatic carbocycles. The van der Waals surface area contributed by atoms with Crippen molar-refractivity contribution >= 4 is 39.9 Å². The number of imidazole rings is 1. The first-order chi connectivity index (χ1) is 22.1. The van der Waals surface area contributed by atoms with Crippen molar-refractivity contribution < 1.29 is 19.5 Å². The van der Waals surface area contributed by atoms with Crippen LogP contribution in [0, 0.1) is 23.2 Å². The van der Waals surface area contributed by atoms with Crippen LogP contribution >= 0.6 is 0 Å². The number of aryl methyl sites for hydroxylation is 1. The zero-order valence-electron chi connectivity index (χ0n) is 24.8. The fourth-order valence-electron chi connectivity index (χ4n) is 7.21. The van der Waals surface area contributed by atoms with Gasteiger partial charge in [-0.05, 0) is 23.3 Å². The molecule has 7 rings (SSSR count). The third kappa shape index (κ3) is 3.98. The Hall–Kier alpha value is -5.81. The number of likely N-dealkylation sites (tertiary alicyclic amines) is 1. The van der Waals surface area contributed by atoms with Gasteiger partial charge in [0.2, 0.25) is 11.8 Å². The van der Waals surface area contributed by atoms with E-state index in [1.165, 1.54) is 29.6 Å². The molecule has 5 aromatic rings. The Bertz CT molecular complexity index is 2270. The lowest BCUT2D eigenvalue weighted by Gasteiger charge is -2.31. The molecule has 46 heavy (non-hydrogen) atoms. The SMILES string of the molecule is Cn1c(=O)c2c(ncn2CCN2C(=O)C3C(c4ccccc4C#N)NC(Cc4c[nH]c5ccccc45)(C(=O)O)C3C2=O)n(C)c1=O. The van der Waals surface area contributed by atoms with Gasteiger partial charge in [0, 0.05) is 56.7 Å². The van der Waals surface area contributed by atoms with E-state index in [1.807, 2.05) is 24.3 Å². The summed E-state index contributed by atoms with van der Waals surface area (Å²) in [4.78, 5) is 75.6. The lowest BCUT2D eigenvalue weighted by Crippen LogP contribution is -2.57. The van der Waals surface area contributed by atoms with E-state index in [4.69, 9.17) is 0 Å². The number of hydrogen-bond donors (Lipinski definition) is 3. The van der Waals surface area contributed by atoms with Gasteiger partial charge in [0.25, 0.3) is 5.56 Å². The molecule has 0 spiro atoms. The van der Waals surface area contributed by atoms with Crippen molar-refractivity contribution in [3.8, 4) is 6.07 Å². The van der Waals surface area contributed by atoms with Crippen LogP contribution in [-0.2, 0) is 41.4 Å². The molecular formula is C32H28N8O6. The largest absolute Gasteiger partial charge is 0.480 e. The van der Waals surface area contributed by atoms with Gasteiger partial charge in [-0.25, -0.2) is 9.78 Å². The number of hydrogen-bond acceptors (Lipinski definition) is 8. The zero-order valence-corrected chi connectivity index (χ0v) is 24.8. The highest BCUT2D eigenvalue weighted by Gasteiger charge is 2.68. The van der Waals surface area contributed by atoms with E-state index in [9.17, 15) is 34.3 Å². The van der Waals surface area contributed by atoms with Crippen molar-refractivity contribution in [2.75, 3.05) is 6.54 Å². The predicted octanol–water partition coefficient (Wildman–Crippen LogP) is 0.798. The minimum Gasteiger partial charge on any atom is -0.480 e. The molecule has 2 fully saturated rings. The number of aromatic amines is 1. The summed E-state index contributed by atoms with van der Waals surface area (Å²) in [6, 6.07) is 15.2. The molecule has 2 saturated heterocycles. The third-order valence-corrected chi connectivity index (χ3v) is 9.47. The molecule has 14 heteroatoms. The van der Waals surface area contributed by atoms with Crippen LogP contribution in [0.15, 0.2) is 70.6 Å². The highest BCUT2D eigenvalue weighted by atomic mass is 16.4. The molecule has 4 atom stereocenters. The number of nitriles is 1. The number of benzene rings is 2. The van der Waals surface area contributed by atoms with Crippen LogP contribution in [0.1, 0.15) is 22.7 Å². The Morgan fingerprint density at radius 3 is 2.52 bits per heavy atom. The second-order valence-electron chi connectivity index (χ2n) is 11.8. The molecule has 2 amide bonds. The Balaban J connectivity index is 1.31. The first kappa shape index (κ1) is 28.9. The molecule has 232 valence electrons. The summed E-state index contributed by atoms with van der Waals surface area (Å²) in [5.41, 5.74) is -0.582. The Morgan fingerprint density at radius 1 is 1.02 bits per heavy atom. The quantitative estimate of drug-likeness (QED) is 0.221. The monoisotopic (exact) mass is 620 g/mol. The summed E-state index contributed by atoms with van der Waals surface area (Å²) in [7, 11) is 2.84. The predicted molar refractivity (Wildman–Crippen MR) is 163 cm³/mol. The number of fused-ring (bicyclic) bond motifs is 3. The van der Waals surface area contributed by atoms with Crippen LogP contribution in [0.4, 0.5) is 0 Å². The number of carbonyl (C=O) groups excluding carboxylic acids is 2. The number of nitrogens with one attached hydrogen (secondary N) is 2. The summed E-state index contributed by atoms with van der Waals surface area (Å²) in [5.74, 6) is -4.94. The number of amides is 2. The van der Waals surface area contributed by atoms with Gasteiger partial charge in [-0.1, -0.05) is 36.4 Å². The molecule has 0 saturated carbocycles. The van der Waals surface area contributed by atoms with E-state index in [2.05, 4.69) is 21.4 Å². The second-order valence-corrected chi connectivity index (χ2v) is 11.8. The molecule has 4 unspecified atom stereocenters. The smallest absolute Gasteiger partial charge is 0.332 e. The minimum absolute atomic E-state index is 0.0176. The molecule has 0 bridgehead atoms. The van der Waals surface area contributed by atoms with Crippen LogP contribution in [0.3, 0.4) is 0 Å². The Labute approximate surface area is 260 Å². The summed E-state index contributed by atoms with van der Waals surface area (Å²) < 4.78 is 3.66. The van der Waals surface area contributed by atoms with Crippen molar-refractivity contribution in [1.82, 2.24) is 33.9 Å². The van der Waals surface area contributed by atoms with Gasteiger partial charge in [-0.15, -0.1) is 0 Å². The number of aromatic nitrogens is 5. The summed E-state index contributed by atoms with van der Waals surface area (Å²) in [6.07, 6.45) is 2.96. The van der Waals surface area contributed by atoms with Gasteiger partial charge in [-0.2, -0.15) is 5.26 Å². The number of rotatable bonds is 7. The van der Waals surface area contributed by atoms with Crippen molar-refractivity contribution in [3.05, 3.63) is 98.6 Å². The summed E-state index contributed by atoms with van der Waals surface area (Å²) in [5, 5.41) is 24.7. The van der Waals surface area contributed by atoms with E-state index >= 15 is 0 Å². The molecule has 2 aliphatic rings. The topological polar surface area (TPSA) is 188 Å². The average molecular weight is 621 g/mol. The van der Waals surface area contributed by atoms with Gasteiger partial charge in [0.15, 0.2) is 11.2 Å². The molecule has 3 N–H and O–H groups in total. The maximum atomic E-state index is 14.3. The van der Waals surface area contributed by atoms with Crippen molar-refractivity contribution in [3.63, 3.8) is 0 Å². The van der Waals surface area contributed by atoms with E-state index in [-0.39, 0.29) is 36.2 Å². The number of imide groups is 1. The van der Waals surface area contributed by atoms with Gasteiger partial charge in [0.05, 0.1) is 29.8 Å². The molecule has 5 heterocycles. The van der Waals surface area contributed by atoms with E-state index in [0.29, 0.717) is 11.1 Å².